The van der Waals surface area contributed by atoms with Gasteiger partial charge in [0.05, 0.1) is 18.2 Å². The van der Waals surface area contributed by atoms with Crippen LogP contribution in [0.5, 0.6) is 5.88 Å². The van der Waals surface area contributed by atoms with Gasteiger partial charge in [-0.05, 0) is 94.9 Å². The zero-order chi connectivity index (χ0) is 26.2. The Bertz CT molecular complexity index is 979. The zero-order valence-corrected chi connectivity index (χ0v) is 23.0. The number of piperidine rings is 1. The predicted molar refractivity (Wildman–Crippen MR) is 144 cm³/mol. The summed E-state index contributed by atoms with van der Waals surface area (Å²) in [5.41, 5.74) is -0.267. The van der Waals surface area contributed by atoms with E-state index in [1.165, 1.54) is 32.1 Å². The number of carbonyl (C=O) groups is 2. The summed E-state index contributed by atoms with van der Waals surface area (Å²) in [6.07, 6.45) is 13.7. The van der Waals surface area contributed by atoms with Crippen molar-refractivity contribution in [2.45, 2.75) is 84.7 Å². The first-order valence-corrected chi connectivity index (χ1v) is 14.4. The predicted octanol–water partition coefficient (Wildman–Crippen LogP) is 3.84. The van der Waals surface area contributed by atoms with E-state index in [4.69, 9.17) is 4.74 Å². The molecule has 0 spiro atoms. The lowest BCUT2D eigenvalue weighted by Crippen LogP contribution is -2.55. The minimum Gasteiger partial charge on any atom is -0.477 e. The largest absolute Gasteiger partial charge is 0.477 e. The molecule has 1 aliphatic heterocycles. The van der Waals surface area contributed by atoms with Gasteiger partial charge >= 0.3 is 0 Å². The molecule has 1 unspecified atom stereocenters. The fraction of sp³-hybridized carbons (Fsp3) is 0.759. The molecule has 0 radical (unpaired) electrons. The number of nitrogens with one attached hydrogen (secondary N) is 3. The van der Waals surface area contributed by atoms with E-state index in [2.05, 4.69) is 34.9 Å². The van der Waals surface area contributed by atoms with Gasteiger partial charge in [0.15, 0.2) is 0 Å². The van der Waals surface area contributed by atoms with E-state index in [0.29, 0.717) is 35.8 Å². The quantitative estimate of drug-likeness (QED) is 0.468. The van der Waals surface area contributed by atoms with Gasteiger partial charge < -0.3 is 20.7 Å². The Morgan fingerprint density at radius 2 is 1.86 bits per heavy atom. The molecule has 3 N–H and O–H groups in total. The van der Waals surface area contributed by atoms with Gasteiger partial charge in [-0.15, -0.1) is 0 Å². The molecule has 4 saturated carbocycles. The van der Waals surface area contributed by atoms with Crippen molar-refractivity contribution in [3.05, 3.63) is 17.8 Å². The first kappa shape index (κ1) is 26.3. The van der Waals surface area contributed by atoms with Crippen LogP contribution in [-0.4, -0.2) is 53.4 Å². The first-order chi connectivity index (χ1) is 17.7. The molecule has 2 amide bonds. The maximum atomic E-state index is 13.5. The lowest BCUT2D eigenvalue weighted by atomic mass is 9.54. The fourth-order valence-corrected chi connectivity index (χ4v) is 7.07. The number of amides is 2. The van der Waals surface area contributed by atoms with Crippen LogP contribution in [0, 0.1) is 35.0 Å². The summed E-state index contributed by atoms with van der Waals surface area (Å²) < 4.78 is 7.73. The van der Waals surface area contributed by atoms with Crippen molar-refractivity contribution in [1.29, 1.82) is 0 Å². The van der Waals surface area contributed by atoms with Gasteiger partial charge in [0.1, 0.15) is 5.56 Å². The van der Waals surface area contributed by atoms with Crippen molar-refractivity contribution in [2.75, 3.05) is 19.7 Å². The lowest BCUT2D eigenvalue weighted by Gasteiger charge is -2.54. The number of nitrogens with zero attached hydrogens (tertiary/aromatic N) is 2. The SMILES string of the molecule is CC(C)COc1c(C(=O)NC2C3CC4CC(C3)CC2C4)cnn1C=CC(C)(C)C(=O)NC1CCCNC1. The highest BCUT2D eigenvalue weighted by molar-refractivity contribution is 5.96. The highest BCUT2D eigenvalue weighted by atomic mass is 16.5. The normalized spacial score (nSPS) is 31.2. The van der Waals surface area contributed by atoms with Crippen molar-refractivity contribution in [1.82, 2.24) is 25.7 Å². The van der Waals surface area contributed by atoms with Crippen LogP contribution in [-0.2, 0) is 4.79 Å². The molecule has 1 saturated heterocycles. The van der Waals surface area contributed by atoms with Crippen molar-refractivity contribution in [3.63, 3.8) is 0 Å². The number of ether oxygens (including phenoxy) is 1. The van der Waals surface area contributed by atoms with E-state index in [0.717, 1.165) is 37.8 Å². The number of aromatic nitrogens is 2. The van der Waals surface area contributed by atoms with E-state index in [1.807, 2.05) is 19.9 Å². The average molecular weight is 512 g/mol. The van der Waals surface area contributed by atoms with Gasteiger partial charge in [-0.25, -0.2) is 4.68 Å². The maximum Gasteiger partial charge on any atom is 0.258 e. The highest BCUT2D eigenvalue weighted by Gasteiger charge is 2.48. The zero-order valence-electron chi connectivity index (χ0n) is 23.0. The first-order valence-electron chi connectivity index (χ1n) is 14.4. The van der Waals surface area contributed by atoms with Crippen LogP contribution >= 0.6 is 0 Å². The van der Waals surface area contributed by atoms with Crippen LogP contribution in [0.4, 0.5) is 0 Å². The van der Waals surface area contributed by atoms with E-state index in [-0.39, 0.29) is 23.9 Å². The third-order valence-corrected chi connectivity index (χ3v) is 8.92. The molecule has 1 atom stereocenters. The summed E-state index contributed by atoms with van der Waals surface area (Å²) in [5.74, 6) is 3.57. The van der Waals surface area contributed by atoms with Crippen LogP contribution < -0.4 is 20.7 Å². The summed E-state index contributed by atoms with van der Waals surface area (Å²) in [6.45, 7) is 10.3. The molecule has 0 aromatic carbocycles. The Hall–Kier alpha value is -2.35. The van der Waals surface area contributed by atoms with Crippen molar-refractivity contribution < 1.29 is 14.3 Å². The number of hydrogen-bond donors (Lipinski definition) is 3. The molecule has 1 aromatic rings. The Morgan fingerprint density at radius 1 is 1.16 bits per heavy atom. The van der Waals surface area contributed by atoms with Gasteiger partial charge in [0.2, 0.25) is 11.8 Å². The summed E-state index contributed by atoms with van der Waals surface area (Å²) in [5, 5.41) is 14.4. The smallest absolute Gasteiger partial charge is 0.258 e. The van der Waals surface area contributed by atoms with Gasteiger partial charge in [-0.1, -0.05) is 19.9 Å². The Kier molecular flexibility index (Phi) is 7.66. The topological polar surface area (TPSA) is 97.3 Å². The van der Waals surface area contributed by atoms with Crippen molar-refractivity contribution >= 4 is 18.0 Å². The van der Waals surface area contributed by atoms with Crippen LogP contribution in [0.2, 0.25) is 0 Å². The molecule has 5 fully saturated rings. The maximum absolute atomic E-state index is 13.5. The van der Waals surface area contributed by atoms with Gasteiger partial charge in [0, 0.05) is 24.8 Å². The number of carbonyl (C=O) groups excluding carboxylic acids is 2. The third-order valence-electron chi connectivity index (χ3n) is 8.92. The minimum atomic E-state index is -0.735. The molecule has 4 bridgehead atoms. The molecule has 37 heavy (non-hydrogen) atoms. The van der Waals surface area contributed by atoms with E-state index >= 15 is 0 Å². The van der Waals surface area contributed by atoms with Gasteiger partial charge in [-0.2, -0.15) is 5.10 Å². The van der Waals surface area contributed by atoms with Gasteiger partial charge in [0.25, 0.3) is 5.91 Å². The standard InChI is InChI=1S/C29H45N5O3/c1-18(2)17-37-27-24(26(35)33-25-21-11-19-10-20(13-21)14-22(25)12-19)16-31-34(27)9-7-29(3,4)28(36)32-23-6-5-8-30-15-23/h7,9,16,18-23,25,30H,5-6,8,10-15,17H2,1-4H3,(H,32,36)(H,33,35). The van der Waals surface area contributed by atoms with Crippen molar-refractivity contribution in [3.8, 4) is 5.88 Å². The molecule has 8 heteroatoms. The Morgan fingerprint density at radius 3 is 2.49 bits per heavy atom. The van der Waals surface area contributed by atoms with Crippen LogP contribution in [0.1, 0.15) is 83.0 Å². The molecular weight excluding hydrogens is 466 g/mol. The second kappa shape index (κ2) is 10.8. The van der Waals surface area contributed by atoms with E-state index in [9.17, 15) is 9.59 Å². The molecule has 2 heterocycles. The van der Waals surface area contributed by atoms with E-state index < -0.39 is 5.41 Å². The summed E-state index contributed by atoms with van der Waals surface area (Å²) in [7, 11) is 0. The van der Waals surface area contributed by atoms with E-state index in [1.54, 1.807) is 17.1 Å². The van der Waals surface area contributed by atoms with Crippen molar-refractivity contribution in [2.24, 2.45) is 35.0 Å². The molecule has 4 aliphatic carbocycles. The summed E-state index contributed by atoms with van der Waals surface area (Å²) >= 11 is 0. The highest BCUT2D eigenvalue weighted by Crippen LogP contribution is 2.53. The fourth-order valence-electron chi connectivity index (χ4n) is 7.07. The number of hydrogen-bond acceptors (Lipinski definition) is 5. The molecule has 204 valence electrons. The Balaban J connectivity index is 1.29. The third kappa shape index (κ3) is 5.89. The average Bonchev–Trinajstić information content (AvgIpc) is 3.27. The summed E-state index contributed by atoms with van der Waals surface area (Å²) in [6, 6.07) is 0.415. The van der Waals surface area contributed by atoms with Gasteiger partial charge in [-0.3, -0.25) is 9.59 Å². The molecule has 5 aliphatic rings. The van der Waals surface area contributed by atoms with Crippen LogP contribution in [0.25, 0.3) is 6.20 Å². The minimum absolute atomic E-state index is 0.0193. The summed E-state index contributed by atoms with van der Waals surface area (Å²) in [4.78, 5) is 26.5. The van der Waals surface area contributed by atoms with Crippen LogP contribution in [0.3, 0.4) is 0 Å². The molecule has 1 aromatic heterocycles. The lowest BCUT2D eigenvalue weighted by molar-refractivity contribution is -0.128. The second-order valence-electron chi connectivity index (χ2n) is 13.0. The van der Waals surface area contributed by atoms with Crippen LogP contribution in [0.15, 0.2) is 12.3 Å². The molecular formula is C29H45N5O3. The molecule has 6 rings (SSSR count). The number of rotatable bonds is 9. The monoisotopic (exact) mass is 511 g/mol. The molecule has 8 nitrogen and oxygen atoms in total. The second-order valence-corrected chi connectivity index (χ2v) is 13.0. The Labute approximate surface area is 221 Å².